The highest BCUT2D eigenvalue weighted by atomic mass is 32.2. The van der Waals surface area contributed by atoms with Gasteiger partial charge in [0.1, 0.15) is 0 Å². The van der Waals surface area contributed by atoms with Crippen molar-refractivity contribution in [3.63, 3.8) is 0 Å². The summed E-state index contributed by atoms with van der Waals surface area (Å²) in [5, 5.41) is 9.76. The highest BCUT2D eigenvalue weighted by Crippen LogP contribution is 2.15. The first-order valence-electron chi connectivity index (χ1n) is 5.09. The van der Waals surface area contributed by atoms with E-state index < -0.39 is 10.0 Å². The minimum atomic E-state index is -3.49. The molecule has 0 aromatic carbocycles. The summed E-state index contributed by atoms with van der Waals surface area (Å²) in [4.78, 5) is 0. The third-order valence-electron chi connectivity index (χ3n) is 2.25. The van der Waals surface area contributed by atoms with E-state index in [0.29, 0.717) is 18.2 Å². The summed E-state index contributed by atoms with van der Waals surface area (Å²) < 4.78 is 25.6. The van der Waals surface area contributed by atoms with E-state index in [1.54, 1.807) is 6.92 Å². The highest BCUT2D eigenvalue weighted by Gasteiger charge is 2.21. The Labute approximate surface area is 95.9 Å². The van der Waals surface area contributed by atoms with E-state index in [4.69, 9.17) is 0 Å². The van der Waals surface area contributed by atoms with Gasteiger partial charge >= 0.3 is 0 Å². The maximum absolute atomic E-state index is 11.7. The lowest BCUT2D eigenvalue weighted by molar-refractivity contribution is 0.568. The Bertz CT molecular complexity index is 450. The van der Waals surface area contributed by atoms with Crippen LogP contribution in [0.25, 0.3) is 0 Å². The number of sulfonamides is 1. The molecule has 0 aliphatic carbocycles. The summed E-state index contributed by atoms with van der Waals surface area (Å²) in [5.74, 6) is 0. The predicted octanol–water partition coefficient (Wildman–Crippen LogP) is 0.124. The fourth-order valence-electron chi connectivity index (χ4n) is 1.26. The van der Waals surface area contributed by atoms with Gasteiger partial charge in [-0.15, -0.1) is 0 Å². The van der Waals surface area contributed by atoms with Gasteiger partial charge in [-0.05, 0) is 14.0 Å². The summed E-state index contributed by atoms with van der Waals surface area (Å²) in [6.07, 6.45) is 0. The molecule has 0 atom stereocenters. The Morgan fingerprint density at radius 2 is 2.06 bits per heavy atom. The average Bonchev–Trinajstić information content (AvgIpc) is 2.57. The number of hydrogen-bond acceptors (Lipinski definition) is 4. The molecule has 1 heterocycles. The zero-order valence-corrected chi connectivity index (χ0v) is 10.8. The molecule has 0 saturated carbocycles. The normalized spacial score (nSPS) is 12.3. The summed E-state index contributed by atoms with van der Waals surface area (Å²) in [7, 11) is -2.11. The van der Waals surface area contributed by atoms with E-state index in [1.807, 2.05) is 13.8 Å². The van der Waals surface area contributed by atoms with Crippen LogP contribution in [0.2, 0.25) is 0 Å². The maximum atomic E-state index is 11.7. The summed E-state index contributed by atoms with van der Waals surface area (Å²) in [5.41, 5.74) is 1.45. The number of aromatic amines is 1. The van der Waals surface area contributed by atoms with Crippen molar-refractivity contribution in [2.45, 2.75) is 38.4 Å². The summed E-state index contributed by atoms with van der Waals surface area (Å²) in [6.45, 7) is 6.29. The van der Waals surface area contributed by atoms with Crippen LogP contribution >= 0.6 is 0 Å². The Kier molecular flexibility index (Phi) is 4.06. The molecule has 3 N–H and O–H groups in total. The minimum Gasteiger partial charge on any atom is -0.310 e. The lowest BCUT2D eigenvalue weighted by atomic mass is 10.2. The lowest BCUT2D eigenvalue weighted by Crippen LogP contribution is -2.25. The molecule has 0 bridgehead atoms. The van der Waals surface area contributed by atoms with E-state index in [-0.39, 0.29) is 5.03 Å². The van der Waals surface area contributed by atoms with Crippen LogP contribution in [0.4, 0.5) is 0 Å². The number of nitrogens with zero attached hydrogens (tertiary/aromatic N) is 1. The maximum Gasteiger partial charge on any atom is 0.259 e. The van der Waals surface area contributed by atoms with Gasteiger partial charge in [0.25, 0.3) is 10.0 Å². The second kappa shape index (κ2) is 4.94. The second-order valence-corrected chi connectivity index (χ2v) is 5.68. The highest BCUT2D eigenvalue weighted by molar-refractivity contribution is 7.89. The van der Waals surface area contributed by atoms with E-state index in [1.165, 1.54) is 7.05 Å². The SMILES string of the molecule is CNS(=O)(=O)c1n[nH]c(C)c1CNC(C)C. The molecule has 1 aromatic rings. The fourth-order valence-corrected chi connectivity index (χ4v) is 2.17. The van der Waals surface area contributed by atoms with Crippen LogP contribution in [0.15, 0.2) is 5.03 Å². The van der Waals surface area contributed by atoms with Gasteiger partial charge < -0.3 is 5.32 Å². The number of rotatable bonds is 5. The van der Waals surface area contributed by atoms with Crippen LogP contribution in [0.3, 0.4) is 0 Å². The molecule has 1 aromatic heterocycles. The van der Waals surface area contributed by atoms with Gasteiger partial charge in [-0.1, -0.05) is 13.8 Å². The fraction of sp³-hybridized carbons (Fsp3) is 0.667. The van der Waals surface area contributed by atoms with Crippen LogP contribution in [0, 0.1) is 6.92 Å². The molecule has 1 rings (SSSR count). The lowest BCUT2D eigenvalue weighted by Gasteiger charge is -2.09. The Morgan fingerprint density at radius 3 is 2.56 bits per heavy atom. The van der Waals surface area contributed by atoms with Crippen LogP contribution in [-0.2, 0) is 16.6 Å². The van der Waals surface area contributed by atoms with E-state index in [2.05, 4.69) is 20.2 Å². The first-order valence-corrected chi connectivity index (χ1v) is 6.57. The van der Waals surface area contributed by atoms with Crippen molar-refractivity contribution in [2.24, 2.45) is 0 Å². The molecule has 0 aliphatic rings. The number of H-pyrrole nitrogens is 1. The van der Waals surface area contributed by atoms with Gasteiger partial charge in [-0.25, -0.2) is 13.1 Å². The number of nitrogens with one attached hydrogen (secondary N) is 3. The molecule has 6 nitrogen and oxygen atoms in total. The van der Waals surface area contributed by atoms with Crippen molar-refractivity contribution >= 4 is 10.0 Å². The summed E-state index contributed by atoms with van der Waals surface area (Å²) >= 11 is 0. The molecule has 0 saturated heterocycles. The van der Waals surface area contributed by atoms with Crippen molar-refractivity contribution in [2.75, 3.05) is 7.05 Å². The Morgan fingerprint density at radius 1 is 1.44 bits per heavy atom. The molecule has 0 fully saturated rings. The molecule has 0 radical (unpaired) electrons. The van der Waals surface area contributed by atoms with Crippen molar-refractivity contribution < 1.29 is 8.42 Å². The van der Waals surface area contributed by atoms with E-state index >= 15 is 0 Å². The predicted molar refractivity (Wildman–Crippen MR) is 61.5 cm³/mol. The molecule has 0 aliphatic heterocycles. The number of aromatic nitrogens is 2. The monoisotopic (exact) mass is 246 g/mol. The van der Waals surface area contributed by atoms with Crippen molar-refractivity contribution in [3.8, 4) is 0 Å². The quantitative estimate of drug-likeness (QED) is 0.689. The van der Waals surface area contributed by atoms with Gasteiger partial charge in [0.2, 0.25) is 0 Å². The van der Waals surface area contributed by atoms with Gasteiger partial charge in [0, 0.05) is 23.8 Å². The zero-order valence-electron chi connectivity index (χ0n) is 9.96. The van der Waals surface area contributed by atoms with Gasteiger partial charge in [0.15, 0.2) is 5.03 Å². The van der Waals surface area contributed by atoms with Crippen LogP contribution in [0.5, 0.6) is 0 Å². The van der Waals surface area contributed by atoms with E-state index in [0.717, 1.165) is 5.69 Å². The average molecular weight is 246 g/mol. The topological polar surface area (TPSA) is 86.9 Å². The first kappa shape index (κ1) is 13.1. The van der Waals surface area contributed by atoms with E-state index in [9.17, 15) is 8.42 Å². The first-order chi connectivity index (χ1) is 7.38. The van der Waals surface area contributed by atoms with Crippen molar-refractivity contribution in [1.29, 1.82) is 0 Å². The molecule has 92 valence electrons. The largest absolute Gasteiger partial charge is 0.310 e. The number of hydrogen-bond donors (Lipinski definition) is 3. The molecule has 0 unspecified atom stereocenters. The molecular weight excluding hydrogens is 228 g/mol. The molecular formula is C9H18N4O2S. The Hall–Kier alpha value is -0.920. The van der Waals surface area contributed by atoms with Crippen LogP contribution in [-0.4, -0.2) is 31.7 Å². The molecule has 0 amide bonds. The molecule has 7 heteroatoms. The third-order valence-corrected chi connectivity index (χ3v) is 3.63. The van der Waals surface area contributed by atoms with Gasteiger partial charge in [-0.2, -0.15) is 5.10 Å². The van der Waals surface area contributed by atoms with Crippen molar-refractivity contribution in [1.82, 2.24) is 20.2 Å². The van der Waals surface area contributed by atoms with Crippen LogP contribution < -0.4 is 10.0 Å². The minimum absolute atomic E-state index is 0.0700. The van der Waals surface area contributed by atoms with Gasteiger partial charge in [0.05, 0.1) is 0 Å². The number of aryl methyl sites for hydroxylation is 1. The van der Waals surface area contributed by atoms with Crippen molar-refractivity contribution in [3.05, 3.63) is 11.3 Å². The van der Waals surface area contributed by atoms with Gasteiger partial charge in [-0.3, -0.25) is 5.10 Å². The smallest absolute Gasteiger partial charge is 0.259 e. The molecule has 16 heavy (non-hydrogen) atoms. The third kappa shape index (κ3) is 2.81. The Balaban J connectivity index is 3.04. The standard InChI is InChI=1S/C9H18N4O2S/c1-6(2)11-5-8-7(3)12-13-9(8)16(14,15)10-4/h6,10-11H,5H2,1-4H3,(H,12,13). The summed E-state index contributed by atoms with van der Waals surface area (Å²) in [6, 6.07) is 0.291. The molecule has 0 spiro atoms. The van der Waals surface area contributed by atoms with Crippen LogP contribution in [0.1, 0.15) is 25.1 Å². The second-order valence-electron chi connectivity index (χ2n) is 3.88. The zero-order chi connectivity index (χ0) is 12.3.